The zero-order valence-corrected chi connectivity index (χ0v) is 20.2. The Morgan fingerprint density at radius 2 is 1.43 bits per heavy atom. The zero-order valence-electron chi connectivity index (χ0n) is 16.2. The quantitative estimate of drug-likeness (QED) is 0.298. The second-order valence-electron chi connectivity index (χ2n) is 6.68. The van der Waals surface area contributed by atoms with Crippen LogP contribution in [0.25, 0.3) is 38.3 Å². The summed E-state index contributed by atoms with van der Waals surface area (Å²) in [4.78, 5) is 0. The number of hydrogen-bond donors (Lipinski definition) is 0. The van der Waals surface area contributed by atoms with Crippen LogP contribution in [0.4, 0.5) is 0 Å². The predicted molar refractivity (Wildman–Crippen MR) is 115 cm³/mol. The standard InChI is InChI=1S/C21H14N.C5H5.2ClH.Zr/c1-2-9-16(10-3-1)22-19-13-7-6-12-18(19)21-17-11-5-4-8-15(17)14-20(21)22;1-2-4-5-3-1;;;/h1-14H;1-3H,4H2;2*1H;/q2*-1;;;+4/p-2. The molecule has 0 atom stereocenters. The average Bonchev–Trinajstić information content (AvgIpc) is 3.46. The molecule has 5 aromatic rings. The first-order valence-electron chi connectivity index (χ1n) is 9.28. The Kier molecular flexibility index (Phi) is 8.80. The fraction of sp³-hybridized carbons (Fsp3) is 0.0385. The molecule has 146 valence electrons. The molecule has 1 nitrogen and oxygen atoms in total. The van der Waals surface area contributed by atoms with Crippen LogP contribution in [0.3, 0.4) is 0 Å². The van der Waals surface area contributed by atoms with Crippen LogP contribution < -0.4 is 24.8 Å². The zero-order chi connectivity index (χ0) is 18.1. The summed E-state index contributed by atoms with van der Waals surface area (Å²) in [5.41, 5.74) is 3.77. The summed E-state index contributed by atoms with van der Waals surface area (Å²) in [5, 5.41) is 5.32. The average molecular weight is 508 g/mol. The first kappa shape index (κ1) is 24.3. The van der Waals surface area contributed by atoms with Crippen molar-refractivity contribution in [2.24, 2.45) is 0 Å². The van der Waals surface area contributed by atoms with E-state index in [1.807, 2.05) is 12.2 Å². The molecule has 6 rings (SSSR count). The van der Waals surface area contributed by atoms with Crippen LogP contribution in [0.1, 0.15) is 6.42 Å². The molecule has 1 aliphatic rings. The number of halogens is 2. The van der Waals surface area contributed by atoms with E-state index in [1.54, 1.807) is 0 Å². The van der Waals surface area contributed by atoms with Crippen molar-refractivity contribution < 1.29 is 51.0 Å². The van der Waals surface area contributed by atoms with Crippen LogP contribution in [0.5, 0.6) is 0 Å². The minimum absolute atomic E-state index is 0. The van der Waals surface area contributed by atoms with Crippen molar-refractivity contribution in [3.8, 4) is 5.69 Å². The largest absolute Gasteiger partial charge is 4.00 e. The number of benzene rings is 3. The SMILES string of the molecule is [C-]1=CC=CC1.[Cl-].[Cl-].[Zr+4].c1ccc(-n2c3ccccc3c3c4ccccc4[cH-]c32)cc1. The molecule has 0 fully saturated rings. The molecule has 0 bridgehead atoms. The van der Waals surface area contributed by atoms with Crippen molar-refractivity contribution in [2.45, 2.75) is 6.42 Å². The number of aromatic nitrogens is 1. The molecule has 0 radical (unpaired) electrons. The van der Waals surface area contributed by atoms with Crippen molar-refractivity contribution in [1.29, 1.82) is 0 Å². The van der Waals surface area contributed by atoms with Gasteiger partial charge in [0.2, 0.25) is 0 Å². The first-order valence-corrected chi connectivity index (χ1v) is 9.28. The van der Waals surface area contributed by atoms with Crippen LogP contribution in [0.2, 0.25) is 0 Å². The third-order valence-corrected chi connectivity index (χ3v) is 5.03. The second-order valence-corrected chi connectivity index (χ2v) is 6.68. The van der Waals surface area contributed by atoms with Crippen molar-refractivity contribution in [3.05, 3.63) is 109 Å². The number of fused-ring (bicyclic) bond motifs is 5. The van der Waals surface area contributed by atoms with Crippen LogP contribution in [-0.4, -0.2) is 4.57 Å². The normalized spacial score (nSPS) is 11.5. The number of rotatable bonds is 1. The fourth-order valence-corrected chi connectivity index (χ4v) is 3.87. The molecular formula is C26H19Cl2NZr. The maximum absolute atomic E-state index is 2.99. The molecule has 4 heteroatoms. The summed E-state index contributed by atoms with van der Waals surface area (Å²) in [6, 6.07) is 30.2. The van der Waals surface area contributed by atoms with Gasteiger partial charge in [-0.15, -0.1) is 41.5 Å². The Hall–Kier alpha value is -1.99. The van der Waals surface area contributed by atoms with Gasteiger partial charge in [-0.05, 0) is 29.1 Å². The third-order valence-electron chi connectivity index (χ3n) is 5.03. The Morgan fingerprint density at radius 1 is 0.767 bits per heavy atom. The Bertz CT molecular complexity index is 1290. The van der Waals surface area contributed by atoms with Crippen LogP contribution in [0.15, 0.2) is 103 Å². The molecule has 0 saturated heterocycles. The molecule has 0 aliphatic heterocycles. The number of hydrogen-bond acceptors (Lipinski definition) is 0. The van der Waals surface area contributed by atoms with E-state index in [4.69, 9.17) is 0 Å². The van der Waals surface area contributed by atoms with Gasteiger partial charge in [0, 0.05) is 11.2 Å². The van der Waals surface area contributed by atoms with Gasteiger partial charge in [0.1, 0.15) is 0 Å². The topological polar surface area (TPSA) is 4.93 Å². The predicted octanol–water partition coefficient (Wildman–Crippen LogP) is 0.967. The fourth-order valence-electron chi connectivity index (χ4n) is 3.87. The van der Waals surface area contributed by atoms with Gasteiger partial charge < -0.3 is 29.4 Å². The minimum Gasteiger partial charge on any atom is -1.00 e. The summed E-state index contributed by atoms with van der Waals surface area (Å²) < 4.78 is 2.37. The van der Waals surface area contributed by atoms with Gasteiger partial charge in [-0.2, -0.15) is 6.08 Å². The third kappa shape index (κ3) is 4.37. The molecule has 0 N–H and O–H groups in total. The molecule has 4 aromatic carbocycles. The van der Waals surface area contributed by atoms with E-state index in [0.29, 0.717) is 0 Å². The van der Waals surface area contributed by atoms with Crippen LogP contribution in [-0.2, 0) is 26.2 Å². The monoisotopic (exact) mass is 505 g/mol. The summed E-state index contributed by atoms with van der Waals surface area (Å²) >= 11 is 0. The molecule has 30 heavy (non-hydrogen) atoms. The maximum atomic E-state index is 2.99. The van der Waals surface area contributed by atoms with Gasteiger partial charge in [0.25, 0.3) is 0 Å². The van der Waals surface area contributed by atoms with E-state index in [9.17, 15) is 0 Å². The molecule has 0 amide bonds. The van der Waals surface area contributed by atoms with Crippen molar-refractivity contribution in [2.75, 3.05) is 0 Å². The van der Waals surface area contributed by atoms with Gasteiger partial charge in [0.05, 0.1) is 0 Å². The van der Waals surface area contributed by atoms with Crippen LogP contribution >= 0.6 is 0 Å². The van der Waals surface area contributed by atoms with Crippen molar-refractivity contribution in [3.63, 3.8) is 0 Å². The second kappa shape index (κ2) is 10.9. The molecule has 1 aromatic heterocycles. The minimum atomic E-state index is 0. The van der Waals surface area contributed by atoms with Gasteiger partial charge in [0.15, 0.2) is 0 Å². The van der Waals surface area contributed by atoms with Gasteiger partial charge in [-0.25, -0.2) is 12.2 Å². The van der Waals surface area contributed by atoms with Gasteiger partial charge in [-0.3, -0.25) is 6.08 Å². The van der Waals surface area contributed by atoms with Crippen LogP contribution in [0, 0.1) is 6.08 Å². The maximum Gasteiger partial charge on any atom is 4.00 e. The molecular weight excluding hydrogens is 488 g/mol. The number of nitrogens with zero attached hydrogens (tertiary/aromatic N) is 1. The number of allylic oxidation sites excluding steroid dienone is 4. The Labute approximate surface area is 208 Å². The Morgan fingerprint density at radius 3 is 2.10 bits per heavy atom. The molecule has 0 saturated carbocycles. The van der Waals surface area contributed by atoms with E-state index >= 15 is 0 Å². The van der Waals surface area contributed by atoms with Crippen molar-refractivity contribution >= 4 is 32.6 Å². The Balaban J connectivity index is 0.000000356. The van der Waals surface area contributed by atoms with E-state index in [1.165, 1.54) is 38.3 Å². The molecule has 0 unspecified atom stereocenters. The van der Waals surface area contributed by atoms with E-state index in [0.717, 1.165) is 6.42 Å². The van der Waals surface area contributed by atoms with E-state index in [-0.39, 0.29) is 51.0 Å². The molecule has 0 spiro atoms. The molecule has 1 aliphatic carbocycles. The summed E-state index contributed by atoms with van der Waals surface area (Å²) in [6.07, 6.45) is 10.0. The number of para-hydroxylation sites is 2. The first-order chi connectivity index (χ1) is 13.4. The van der Waals surface area contributed by atoms with Gasteiger partial charge in [-0.1, -0.05) is 47.9 Å². The van der Waals surface area contributed by atoms with E-state index < -0.39 is 0 Å². The van der Waals surface area contributed by atoms with Crippen molar-refractivity contribution in [1.82, 2.24) is 4.57 Å². The summed E-state index contributed by atoms with van der Waals surface area (Å²) in [7, 11) is 0. The van der Waals surface area contributed by atoms with E-state index in [2.05, 4.69) is 102 Å². The van der Waals surface area contributed by atoms with Gasteiger partial charge >= 0.3 is 26.2 Å². The smallest absolute Gasteiger partial charge is 1.00 e. The summed E-state index contributed by atoms with van der Waals surface area (Å²) in [6.45, 7) is 0. The summed E-state index contributed by atoms with van der Waals surface area (Å²) in [5.74, 6) is 0. The molecule has 1 heterocycles.